The molecule has 0 unspecified atom stereocenters. The van der Waals surface area contributed by atoms with Gasteiger partial charge in [0.15, 0.2) is 0 Å². The summed E-state index contributed by atoms with van der Waals surface area (Å²) in [5.41, 5.74) is 1.02. The van der Waals surface area contributed by atoms with Crippen LogP contribution >= 0.6 is 22.9 Å². The zero-order chi connectivity index (χ0) is 20.2. The minimum Gasteiger partial charge on any atom is -0.353 e. The first kappa shape index (κ1) is 19.4. The minimum absolute atomic E-state index is 0.0882. The SMILES string of the molecule is O=C(Nc1ccc(N2CCN(C(=O)c3cccs3)CC2)nc1)c1ccccc1Cl. The Hall–Kier alpha value is -2.90. The highest BCUT2D eigenvalue weighted by Crippen LogP contribution is 2.20. The Labute approximate surface area is 177 Å². The molecule has 1 saturated heterocycles. The van der Waals surface area contributed by atoms with Crippen LogP contribution in [-0.4, -0.2) is 47.9 Å². The average molecular weight is 427 g/mol. The molecule has 0 spiro atoms. The van der Waals surface area contributed by atoms with E-state index in [0.717, 1.165) is 23.8 Å². The molecule has 1 fully saturated rings. The molecule has 148 valence electrons. The number of rotatable bonds is 4. The topological polar surface area (TPSA) is 65.5 Å². The first-order valence-electron chi connectivity index (χ1n) is 9.21. The van der Waals surface area contributed by atoms with E-state index in [4.69, 9.17) is 11.6 Å². The number of benzene rings is 1. The molecule has 6 nitrogen and oxygen atoms in total. The van der Waals surface area contributed by atoms with Gasteiger partial charge in [-0.1, -0.05) is 29.8 Å². The number of hydrogen-bond donors (Lipinski definition) is 1. The van der Waals surface area contributed by atoms with E-state index in [1.54, 1.807) is 30.5 Å². The second-order valence-electron chi connectivity index (χ2n) is 6.60. The van der Waals surface area contributed by atoms with Crippen molar-refractivity contribution in [2.45, 2.75) is 0 Å². The number of carbonyl (C=O) groups is 2. The highest BCUT2D eigenvalue weighted by Gasteiger charge is 2.23. The van der Waals surface area contributed by atoms with Gasteiger partial charge in [0, 0.05) is 26.2 Å². The van der Waals surface area contributed by atoms with Crippen LogP contribution in [0, 0.1) is 0 Å². The number of hydrogen-bond acceptors (Lipinski definition) is 5. The number of piperazine rings is 1. The molecule has 4 rings (SSSR count). The van der Waals surface area contributed by atoms with E-state index in [1.807, 2.05) is 34.5 Å². The van der Waals surface area contributed by atoms with Crippen molar-refractivity contribution in [1.29, 1.82) is 0 Å². The Balaban J connectivity index is 1.35. The number of nitrogens with one attached hydrogen (secondary N) is 1. The third-order valence-electron chi connectivity index (χ3n) is 4.75. The summed E-state index contributed by atoms with van der Waals surface area (Å²) in [7, 11) is 0. The number of nitrogens with zero attached hydrogens (tertiary/aromatic N) is 3. The third kappa shape index (κ3) is 4.41. The molecule has 1 aliphatic heterocycles. The summed E-state index contributed by atoms with van der Waals surface area (Å²) in [5.74, 6) is 0.639. The van der Waals surface area contributed by atoms with Crippen molar-refractivity contribution in [2.24, 2.45) is 0 Å². The van der Waals surface area contributed by atoms with E-state index >= 15 is 0 Å². The van der Waals surface area contributed by atoms with Crippen molar-refractivity contribution >= 4 is 46.3 Å². The largest absolute Gasteiger partial charge is 0.353 e. The Bertz CT molecular complexity index is 1000. The van der Waals surface area contributed by atoms with Gasteiger partial charge in [-0.15, -0.1) is 11.3 Å². The van der Waals surface area contributed by atoms with E-state index < -0.39 is 0 Å². The summed E-state index contributed by atoms with van der Waals surface area (Å²) >= 11 is 7.54. The van der Waals surface area contributed by atoms with Crippen LogP contribution in [0.3, 0.4) is 0 Å². The van der Waals surface area contributed by atoms with E-state index in [9.17, 15) is 9.59 Å². The molecule has 0 saturated carbocycles. The standard InChI is InChI=1S/C21H19ClN4O2S/c22-17-5-2-1-4-16(17)20(27)24-15-7-8-19(23-14-15)25-9-11-26(12-10-25)21(28)18-6-3-13-29-18/h1-8,13-14H,9-12H2,(H,24,27). The third-order valence-corrected chi connectivity index (χ3v) is 5.93. The summed E-state index contributed by atoms with van der Waals surface area (Å²) in [6, 6.07) is 14.4. The highest BCUT2D eigenvalue weighted by atomic mass is 35.5. The van der Waals surface area contributed by atoms with Gasteiger partial charge in [-0.3, -0.25) is 9.59 Å². The molecule has 0 bridgehead atoms. The zero-order valence-electron chi connectivity index (χ0n) is 15.5. The van der Waals surface area contributed by atoms with Gasteiger partial charge in [-0.2, -0.15) is 0 Å². The van der Waals surface area contributed by atoms with E-state index in [-0.39, 0.29) is 11.8 Å². The molecule has 3 aromatic rings. The summed E-state index contributed by atoms with van der Waals surface area (Å²) in [6.07, 6.45) is 1.63. The maximum atomic E-state index is 12.4. The van der Waals surface area contributed by atoms with Crippen LogP contribution in [0.25, 0.3) is 0 Å². The quantitative estimate of drug-likeness (QED) is 0.684. The van der Waals surface area contributed by atoms with Gasteiger partial charge in [0.05, 0.1) is 27.3 Å². The van der Waals surface area contributed by atoms with Crippen molar-refractivity contribution in [1.82, 2.24) is 9.88 Å². The predicted octanol–water partition coefficient (Wildman–Crippen LogP) is 4.01. The van der Waals surface area contributed by atoms with Crippen LogP contribution in [0.2, 0.25) is 5.02 Å². The van der Waals surface area contributed by atoms with Gasteiger partial charge in [0.1, 0.15) is 5.82 Å². The Morgan fingerprint density at radius 3 is 2.45 bits per heavy atom. The van der Waals surface area contributed by atoms with Gasteiger partial charge in [-0.25, -0.2) is 4.98 Å². The molecule has 8 heteroatoms. The number of thiophene rings is 1. The lowest BCUT2D eigenvalue weighted by molar-refractivity contribution is 0.0751. The van der Waals surface area contributed by atoms with Crippen LogP contribution in [0.4, 0.5) is 11.5 Å². The molecule has 0 atom stereocenters. The van der Waals surface area contributed by atoms with Crippen LogP contribution < -0.4 is 10.2 Å². The van der Waals surface area contributed by atoms with E-state index in [0.29, 0.717) is 29.4 Å². The van der Waals surface area contributed by atoms with Gasteiger partial charge in [0.2, 0.25) is 0 Å². The van der Waals surface area contributed by atoms with Crippen molar-refractivity contribution in [3.63, 3.8) is 0 Å². The number of pyridine rings is 1. The highest BCUT2D eigenvalue weighted by molar-refractivity contribution is 7.12. The maximum Gasteiger partial charge on any atom is 0.264 e. The summed E-state index contributed by atoms with van der Waals surface area (Å²) in [4.78, 5) is 34.0. The monoisotopic (exact) mass is 426 g/mol. The second-order valence-corrected chi connectivity index (χ2v) is 7.95. The van der Waals surface area contributed by atoms with Crippen LogP contribution in [-0.2, 0) is 0 Å². The summed E-state index contributed by atoms with van der Waals surface area (Å²) < 4.78 is 0. The molecule has 1 aromatic carbocycles. The molecule has 0 aliphatic carbocycles. The van der Waals surface area contributed by atoms with E-state index in [1.165, 1.54) is 11.3 Å². The Morgan fingerprint density at radius 2 is 1.79 bits per heavy atom. The van der Waals surface area contributed by atoms with Gasteiger partial charge in [0.25, 0.3) is 11.8 Å². The zero-order valence-corrected chi connectivity index (χ0v) is 17.1. The van der Waals surface area contributed by atoms with Crippen LogP contribution in [0.15, 0.2) is 60.1 Å². The number of halogens is 1. The molecule has 29 heavy (non-hydrogen) atoms. The maximum absolute atomic E-state index is 12.4. The lowest BCUT2D eigenvalue weighted by Crippen LogP contribution is -2.48. The van der Waals surface area contributed by atoms with Crippen molar-refractivity contribution in [2.75, 3.05) is 36.4 Å². The Morgan fingerprint density at radius 1 is 1.00 bits per heavy atom. The van der Waals surface area contributed by atoms with Crippen LogP contribution in [0.5, 0.6) is 0 Å². The number of anilines is 2. The number of aromatic nitrogens is 1. The summed E-state index contributed by atoms with van der Waals surface area (Å²) in [6.45, 7) is 2.75. The first-order chi connectivity index (χ1) is 14.1. The molecule has 3 heterocycles. The molecule has 2 amide bonds. The molecule has 1 N–H and O–H groups in total. The minimum atomic E-state index is -0.272. The van der Waals surface area contributed by atoms with Gasteiger partial charge < -0.3 is 15.1 Å². The Kier molecular flexibility index (Phi) is 5.78. The fourth-order valence-corrected chi connectivity index (χ4v) is 4.10. The van der Waals surface area contributed by atoms with Crippen LogP contribution in [0.1, 0.15) is 20.0 Å². The fourth-order valence-electron chi connectivity index (χ4n) is 3.19. The van der Waals surface area contributed by atoms with Gasteiger partial charge >= 0.3 is 0 Å². The van der Waals surface area contributed by atoms with E-state index in [2.05, 4.69) is 15.2 Å². The first-order valence-corrected chi connectivity index (χ1v) is 10.5. The fraction of sp³-hybridized carbons (Fsp3) is 0.190. The summed E-state index contributed by atoms with van der Waals surface area (Å²) in [5, 5.41) is 5.13. The smallest absolute Gasteiger partial charge is 0.264 e. The molecule has 1 aliphatic rings. The molecule has 0 radical (unpaired) electrons. The second kappa shape index (κ2) is 8.63. The predicted molar refractivity (Wildman–Crippen MR) is 116 cm³/mol. The lowest BCUT2D eigenvalue weighted by atomic mass is 10.2. The molecular weight excluding hydrogens is 408 g/mol. The van der Waals surface area contributed by atoms with Gasteiger partial charge in [-0.05, 0) is 35.7 Å². The van der Waals surface area contributed by atoms with Crippen molar-refractivity contribution < 1.29 is 9.59 Å². The van der Waals surface area contributed by atoms with Crippen molar-refractivity contribution in [3.05, 3.63) is 75.6 Å². The normalized spacial score (nSPS) is 14.0. The molecular formula is C21H19ClN4O2S. The average Bonchev–Trinajstić information content (AvgIpc) is 3.29. The van der Waals surface area contributed by atoms with Crippen molar-refractivity contribution in [3.8, 4) is 0 Å². The molecule has 2 aromatic heterocycles. The lowest BCUT2D eigenvalue weighted by Gasteiger charge is -2.35. The number of amides is 2. The number of carbonyl (C=O) groups excluding carboxylic acids is 2.